The number of sulfonamides is 1. The van der Waals surface area contributed by atoms with Crippen molar-refractivity contribution in [3.63, 3.8) is 0 Å². The summed E-state index contributed by atoms with van der Waals surface area (Å²) in [6.07, 6.45) is 1.04. The van der Waals surface area contributed by atoms with Crippen LogP contribution >= 0.6 is 0 Å². The first kappa shape index (κ1) is 20.9. The van der Waals surface area contributed by atoms with Gasteiger partial charge in [0, 0.05) is 6.54 Å². The Morgan fingerprint density at radius 1 is 1.04 bits per heavy atom. The van der Waals surface area contributed by atoms with Gasteiger partial charge in [-0.05, 0) is 49.6 Å². The van der Waals surface area contributed by atoms with Crippen LogP contribution in [0.2, 0.25) is 0 Å². The van der Waals surface area contributed by atoms with Gasteiger partial charge in [0.05, 0.1) is 11.5 Å². The lowest BCUT2D eigenvalue weighted by Crippen LogP contribution is -2.48. The van der Waals surface area contributed by atoms with Gasteiger partial charge < -0.3 is 10.1 Å². The van der Waals surface area contributed by atoms with Crippen molar-refractivity contribution in [1.82, 2.24) is 10.0 Å². The van der Waals surface area contributed by atoms with Crippen LogP contribution in [0, 0.1) is 0 Å². The molecule has 0 saturated carbocycles. The quantitative estimate of drug-likeness (QED) is 0.653. The van der Waals surface area contributed by atoms with Crippen LogP contribution in [0.4, 0.5) is 0 Å². The van der Waals surface area contributed by atoms with E-state index in [1.807, 2.05) is 44.2 Å². The van der Waals surface area contributed by atoms with Crippen molar-refractivity contribution in [3.8, 4) is 5.75 Å². The molecule has 0 aliphatic rings. The predicted molar refractivity (Wildman–Crippen MR) is 105 cm³/mol. The van der Waals surface area contributed by atoms with Crippen molar-refractivity contribution < 1.29 is 17.9 Å². The summed E-state index contributed by atoms with van der Waals surface area (Å²) in [6.45, 7) is 4.79. The molecule has 146 valence electrons. The molecule has 2 N–H and O–H groups in total. The van der Waals surface area contributed by atoms with Crippen LogP contribution in [0.25, 0.3) is 0 Å². The van der Waals surface area contributed by atoms with Gasteiger partial charge in [-0.15, -0.1) is 0 Å². The van der Waals surface area contributed by atoms with E-state index in [4.69, 9.17) is 4.74 Å². The van der Waals surface area contributed by atoms with Crippen LogP contribution in [-0.2, 0) is 21.2 Å². The molecule has 0 radical (unpaired) electrons. The van der Waals surface area contributed by atoms with E-state index < -0.39 is 16.1 Å². The van der Waals surface area contributed by atoms with Crippen LogP contribution < -0.4 is 14.8 Å². The third kappa shape index (κ3) is 6.37. The van der Waals surface area contributed by atoms with Gasteiger partial charge in [0.15, 0.2) is 0 Å². The lowest BCUT2D eigenvalue weighted by molar-refractivity contribution is -0.122. The fourth-order valence-electron chi connectivity index (χ4n) is 2.55. The molecular weight excluding hydrogens is 364 g/mol. The highest BCUT2D eigenvalue weighted by Crippen LogP contribution is 2.17. The van der Waals surface area contributed by atoms with Crippen molar-refractivity contribution in [1.29, 1.82) is 0 Å². The molecule has 2 rings (SSSR count). The standard InChI is InChI=1S/C20H26N2O4S/c1-3-14-21-20(23)19(15-16-8-6-5-7-9-16)22-27(24,25)18-12-10-17(11-13-18)26-4-2/h5-13,19,22H,3-4,14-15H2,1-2H3,(H,21,23). The zero-order valence-corrected chi connectivity index (χ0v) is 16.5. The van der Waals surface area contributed by atoms with Crippen LogP contribution in [0.5, 0.6) is 5.75 Å². The molecule has 0 bridgehead atoms. The van der Waals surface area contributed by atoms with Crippen molar-refractivity contribution in [3.05, 3.63) is 60.2 Å². The molecule has 1 atom stereocenters. The van der Waals surface area contributed by atoms with Gasteiger partial charge in [0.25, 0.3) is 0 Å². The van der Waals surface area contributed by atoms with E-state index in [0.29, 0.717) is 18.9 Å². The topological polar surface area (TPSA) is 84.5 Å². The predicted octanol–water partition coefficient (Wildman–Crippen LogP) is 2.50. The largest absolute Gasteiger partial charge is 0.494 e. The first-order valence-corrected chi connectivity index (χ1v) is 10.5. The van der Waals surface area contributed by atoms with E-state index in [-0.39, 0.29) is 17.2 Å². The first-order chi connectivity index (χ1) is 13.0. The molecule has 0 aliphatic heterocycles. The summed E-state index contributed by atoms with van der Waals surface area (Å²) < 4.78 is 33.4. The summed E-state index contributed by atoms with van der Waals surface area (Å²) in [5.41, 5.74) is 0.878. The number of carbonyl (C=O) groups is 1. The summed E-state index contributed by atoms with van der Waals surface area (Å²) >= 11 is 0. The highest BCUT2D eigenvalue weighted by atomic mass is 32.2. The monoisotopic (exact) mass is 390 g/mol. The SMILES string of the molecule is CCCNC(=O)C(Cc1ccccc1)NS(=O)(=O)c1ccc(OCC)cc1. The summed E-state index contributed by atoms with van der Waals surface area (Å²) in [7, 11) is -3.85. The molecule has 1 unspecified atom stereocenters. The molecule has 0 saturated heterocycles. The van der Waals surface area contributed by atoms with E-state index in [1.54, 1.807) is 12.1 Å². The second-order valence-corrected chi connectivity index (χ2v) is 7.77. The summed E-state index contributed by atoms with van der Waals surface area (Å²) in [6, 6.07) is 14.6. The molecule has 0 spiro atoms. The minimum Gasteiger partial charge on any atom is -0.494 e. The second kappa shape index (κ2) is 10.1. The van der Waals surface area contributed by atoms with E-state index in [2.05, 4.69) is 10.0 Å². The number of ether oxygens (including phenoxy) is 1. The molecule has 0 aliphatic carbocycles. The molecule has 0 heterocycles. The van der Waals surface area contributed by atoms with Gasteiger partial charge in [-0.1, -0.05) is 37.3 Å². The first-order valence-electron chi connectivity index (χ1n) is 9.03. The minimum atomic E-state index is -3.85. The Kier molecular flexibility index (Phi) is 7.82. The third-order valence-electron chi connectivity index (χ3n) is 3.89. The molecule has 27 heavy (non-hydrogen) atoms. The number of benzene rings is 2. The zero-order chi connectivity index (χ0) is 19.7. The summed E-state index contributed by atoms with van der Waals surface area (Å²) in [4.78, 5) is 12.6. The zero-order valence-electron chi connectivity index (χ0n) is 15.6. The normalized spacial score (nSPS) is 12.4. The number of hydrogen-bond acceptors (Lipinski definition) is 4. The van der Waals surface area contributed by atoms with Gasteiger partial charge in [-0.2, -0.15) is 4.72 Å². The Labute approximate surface area is 161 Å². The fraction of sp³-hybridized carbons (Fsp3) is 0.350. The summed E-state index contributed by atoms with van der Waals surface area (Å²) in [5.74, 6) is 0.258. The Bertz CT molecular complexity index is 821. The molecule has 2 aromatic carbocycles. The highest BCUT2D eigenvalue weighted by molar-refractivity contribution is 7.89. The number of rotatable bonds is 10. The number of nitrogens with one attached hydrogen (secondary N) is 2. The maximum atomic E-state index is 12.7. The van der Waals surface area contributed by atoms with Crippen LogP contribution in [-0.4, -0.2) is 33.5 Å². The smallest absolute Gasteiger partial charge is 0.241 e. The lowest BCUT2D eigenvalue weighted by Gasteiger charge is -2.19. The van der Waals surface area contributed by atoms with E-state index >= 15 is 0 Å². The van der Waals surface area contributed by atoms with Gasteiger partial charge in [0.2, 0.25) is 15.9 Å². The fourth-order valence-corrected chi connectivity index (χ4v) is 3.74. The Hall–Kier alpha value is -2.38. The minimum absolute atomic E-state index is 0.0901. The van der Waals surface area contributed by atoms with Crippen molar-refractivity contribution in [2.24, 2.45) is 0 Å². The second-order valence-electron chi connectivity index (χ2n) is 6.06. The van der Waals surface area contributed by atoms with Gasteiger partial charge >= 0.3 is 0 Å². The van der Waals surface area contributed by atoms with Crippen LogP contribution in [0.3, 0.4) is 0 Å². The maximum Gasteiger partial charge on any atom is 0.241 e. The molecule has 0 fully saturated rings. The van der Waals surface area contributed by atoms with Crippen molar-refractivity contribution >= 4 is 15.9 Å². The van der Waals surface area contributed by atoms with E-state index in [9.17, 15) is 13.2 Å². The van der Waals surface area contributed by atoms with Crippen molar-refractivity contribution in [2.75, 3.05) is 13.2 Å². The summed E-state index contributed by atoms with van der Waals surface area (Å²) in [5, 5.41) is 2.77. The third-order valence-corrected chi connectivity index (χ3v) is 5.38. The Morgan fingerprint density at radius 3 is 2.30 bits per heavy atom. The van der Waals surface area contributed by atoms with Gasteiger partial charge in [-0.25, -0.2) is 8.42 Å². The van der Waals surface area contributed by atoms with Crippen LogP contribution in [0.1, 0.15) is 25.8 Å². The van der Waals surface area contributed by atoms with E-state index in [1.165, 1.54) is 12.1 Å². The number of amides is 1. The molecule has 1 amide bonds. The lowest BCUT2D eigenvalue weighted by atomic mass is 10.1. The average Bonchev–Trinajstić information content (AvgIpc) is 2.67. The molecule has 0 aromatic heterocycles. The number of hydrogen-bond donors (Lipinski definition) is 2. The van der Waals surface area contributed by atoms with Crippen molar-refractivity contribution in [2.45, 2.75) is 37.6 Å². The maximum absolute atomic E-state index is 12.7. The van der Waals surface area contributed by atoms with Gasteiger partial charge in [0.1, 0.15) is 11.8 Å². The van der Waals surface area contributed by atoms with Gasteiger partial charge in [-0.3, -0.25) is 4.79 Å². The number of carbonyl (C=O) groups excluding carboxylic acids is 1. The Morgan fingerprint density at radius 2 is 1.70 bits per heavy atom. The molecule has 2 aromatic rings. The Balaban J connectivity index is 2.19. The molecule has 6 nitrogen and oxygen atoms in total. The molecular formula is C20H26N2O4S. The highest BCUT2D eigenvalue weighted by Gasteiger charge is 2.25. The van der Waals surface area contributed by atoms with E-state index in [0.717, 1.165) is 12.0 Å². The van der Waals surface area contributed by atoms with Crippen LogP contribution in [0.15, 0.2) is 59.5 Å². The average molecular weight is 391 g/mol. The molecule has 7 heteroatoms.